The topological polar surface area (TPSA) is 43.7 Å². The maximum absolute atomic E-state index is 12.7. The minimum Gasteiger partial charge on any atom is -0.492 e. The van der Waals surface area contributed by atoms with Gasteiger partial charge in [-0.1, -0.05) is 30.3 Å². The highest BCUT2D eigenvalue weighted by atomic mass is 16.5. The van der Waals surface area contributed by atoms with Gasteiger partial charge in [0.1, 0.15) is 12.4 Å². The zero-order valence-corrected chi connectivity index (χ0v) is 17.1. The van der Waals surface area contributed by atoms with Gasteiger partial charge in [0.15, 0.2) is 0 Å². The summed E-state index contributed by atoms with van der Waals surface area (Å²) in [4.78, 5) is 14.7. The monoisotopic (exact) mass is 380 g/mol. The Morgan fingerprint density at radius 2 is 1.86 bits per heavy atom. The molecule has 5 heteroatoms. The molecule has 0 fully saturated rings. The molecule has 3 aromatic rings. The Morgan fingerprint density at radius 1 is 1.11 bits per heavy atom. The number of hydrogen-bond acceptors (Lipinski definition) is 4. The molecule has 0 aliphatic carbocycles. The first-order valence-electron chi connectivity index (χ1n) is 9.62. The second-order valence-corrected chi connectivity index (χ2v) is 7.08. The molecule has 0 saturated carbocycles. The number of benzene rings is 2. The standard InChI is InChI=1S/C23H28N2O3/c1-5-27-23(26)22-17(2)25(16-18-9-7-6-8-10-18)21-12-11-19(15-20(21)22)28-14-13-24(3)4/h6-12,15H,5,13-14,16H2,1-4H3. The van der Waals surface area contributed by atoms with Crippen molar-refractivity contribution in [2.24, 2.45) is 0 Å². The summed E-state index contributed by atoms with van der Waals surface area (Å²) in [5.41, 5.74) is 3.71. The zero-order chi connectivity index (χ0) is 20.1. The molecule has 0 radical (unpaired) electrons. The highest BCUT2D eigenvalue weighted by molar-refractivity contribution is 6.06. The third-order valence-electron chi connectivity index (χ3n) is 4.77. The fraction of sp³-hybridized carbons (Fsp3) is 0.348. The van der Waals surface area contributed by atoms with E-state index in [-0.39, 0.29) is 5.97 Å². The molecule has 0 aliphatic heterocycles. The fourth-order valence-corrected chi connectivity index (χ4v) is 3.33. The molecule has 1 heterocycles. The van der Waals surface area contributed by atoms with Crippen molar-refractivity contribution in [1.82, 2.24) is 9.47 Å². The van der Waals surface area contributed by atoms with Crippen LogP contribution in [0.4, 0.5) is 0 Å². The second kappa shape index (κ2) is 8.93. The predicted octanol–water partition coefficient (Wildman–Crippen LogP) is 4.12. The van der Waals surface area contributed by atoms with Crippen molar-refractivity contribution in [2.75, 3.05) is 33.9 Å². The Morgan fingerprint density at radius 3 is 2.54 bits per heavy atom. The van der Waals surface area contributed by atoms with Gasteiger partial charge in [-0.2, -0.15) is 0 Å². The van der Waals surface area contributed by atoms with Gasteiger partial charge in [-0.3, -0.25) is 0 Å². The van der Waals surface area contributed by atoms with Crippen molar-refractivity contribution >= 4 is 16.9 Å². The summed E-state index contributed by atoms with van der Waals surface area (Å²) in [5, 5.41) is 0.870. The van der Waals surface area contributed by atoms with Gasteiger partial charge in [-0.15, -0.1) is 0 Å². The van der Waals surface area contributed by atoms with E-state index in [0.717, 1.165) is 28.9 Å². The van der Waals surface area contributed by atoms with Crippen molar-refractivity contribution in [2.45, 2.75) is 20.4 Å². The van der Waals surface area contributed by atoms with E-state index in [0.29, 0.717) is 25.3 Å². The van der Waals surface area contributed by atoms with Crippen molar-refractivity contribution in [1.29, 1.82) is 0 Å². The quantitative estimate of drug-likeness (QED) is 0.552. The largest absolute Gasteiger partial charge is 0.492 e. The molecule has 0 atom stereocenters. The van der Waals surface area contributed by atoms with Crippen LogP contribution in [0.3, 0.4) is 0 Å². The minimum absolute atomic E-state index is 0.290. The first-order valence-corrected chi connectivity index (χ1v) is 9.62. The minimum atomic E-state index is -0.290. The van der Waals surface area contributed by atoms with Crippen LogP contribution >= 0.6 is 0 Å². The maximum Gasteiger partial charge on any atom is 0.340 e. The highest BCUT2D eigenvalue weighted by Crippen LogP contribution is 2.31. The van der Waals surface area contributed by atoms with Crippen molar-refractivity contribution in [3.63, 3.8) is 0 Å². The van der Waals surface area contributed by atoms with E-state index in [1.807, 2.05) is 64.3 Å². The number of carbonyl (C=O) groups is 1. The summed E-state index contributed by atoms with van der Waals surface area (Å²) in [6.45, 7) is 6.27. The lowest BCUT2D eigenvalue weighted by Crippen LogP contribution is -2.19. The van der Waals surface area contributed by atoms with Crippen molar-refractivity contribution < 1.29 is 14.3 Å². The van der Waals surface area contributed by atoms with Gasteiger partial charge in [0.05, 0.1) is 12.2 Å². The SMILES string of the molecule is CCOC(=O)c1c(C)n(Cc2ccccc2)c2ccc(OCCN(C)C)cc12. The summed E-state index contributed by atoms with van der Waals surface area (Å²) < 4.78 is 13.4. The van der Waals surface area contributed by atoms with Crippen LogP contribution in [0.5, 0.6) is 5.75 Å². The average molecular weight is 380 g/mol. The summed E-state index contributed by atoms with van der Waals surface area (Å²) >= 11 is 0. The van der Waals surface area contributed by atoms with Gasteiger partial charge in [-0.25, -0.2) is 4.79 Å². The summed E-state index contributed by atoms with van der Waals surface area (Å²) in [6, 6.07) is 16.2. The number of carbonyl (C=O) groups excluding carboxylic acids is 1. The Balaban J connectivity index is 2.03. The normalized spacial score (nSPS) is 11.2. The van der Waals surface area contributed by atoms with Crippen LogP contribution in [-0.2, 0) is 11.3 Å². The van der Waals surface area contributed by atoms with Crippen LogP contribution < -0.4 is 4.74 Å². The van der Waals surface area contributed by atoms with E-state index in [1.54, 1.807) is 0 Å². The second-order valence-electron chi connectivity index (χ2n) is 7.08. The average Bonchev–Trinajstić information content (AvgIpc) is 2.94. The molecule has 0 amide bonds. The molecule has 3 rings (SSSR count). The molecule has 148 valence electrons. The van der Waals surface area contributed by atoms with Gasteiger partial charge in [0.2, 0.25) is 0 Å². The highest BCUT2D eigenvalue weighted by Gasteiger charge is 2.21. The zero-order valence-electron chi connectivity index (χ0n) is 17.1. The lowest BCUT2D eigenvalue weighted by atomic mass is 10.1. The molecular formula is C23H28N2O3. The Labute approximate surface area is 166 Å². The van der Waals surface area contributed by atoms with E-state index in [2.05, 4.69) is 21.6 Å². The molecular weight excluding hydrogens is 352 g/mol. The Bertz CT molecular complexity index is 945. The third-order valence-corrected chi connectivity index (χ3v) is 4.77. The number of aromatic nitrogens is 1. The fourth-order valence-electron chi connectivity index (χ4n) is 3.33. The van der Waals surface area contributed by atoms with E-state index in [9.17, 15) is 4.79 Å². The van der Waals surface area contributed by atoms with E-state index in [4.69, 9.17) is 9.47 Å². The van der Waals surface area contributed by atoms with Crippen molar-refractivity contribution in [3.05, 3.63) is 65.4 Å². The van der Waals surface area contributed by atoms with Crippen LogP contribution in [-0.4, -0.2) is 49.3 Å². The molecule has 0 unspecified atom stereocenters. The van der Waals surface area contributed by atoms with Crippen LogP contribution in [0.2, 0.25) is 0 Å². The first-order chi connectivity index (χ1) is 13.5. The summed E-state index contributed by atoms with van der Waals surface area (Å²) in [7, 11) is 4.02. The van der Waals surface area contributed by atoms with Gasteiger partial charge >= 0.3 is 5.97 Å². The number of rotatable bonds is 8. The number of fused-ring (bicyclic) bond motifs is 1. The van der Waals surface area contributed by atoms with Gasteiger partial charge in [-0.05, 0) is 51.7 Å². The summed E-state index contributed by atoms with van der Waals surface area (Å²) in [6.07, 6.45) is 0. The Hall–Kier alpha value is -2.79. The molecule has 0 spiro atoms. The number of esters is 1. The molecule has 1 aromatic heterocycles. The lowest BCUT2D eigenvalue weighted by Gasteiger charge is -2.11. The molecule has 0 bridgehead atoms. The molecule has 0 N–H and O–H groups in total. The predicted molar refractivity (Wildman–Crippen MR) is 112 cm³/mol. The maximum atomic E-state index is 12.7. The van der Waals surface area contributed by atoms with E-state index >= 15 is 0 Å². The molecule has 5 nitrogen and oxygen atoms in total. The van der Waals surface area contributed by atoms with Gasteiger partial charge in [0, 0.05) is 29.7 Å². The van der Waals surface area contributed by atoms with E-state index < -0.39 is 0 Å². The third kappa shape index (κ3) is 4.37. The lowest BCUT2D eigenvalue weighted by molar-refractivity contribution is 0.0527. The molecule has 0 aliphatic rings. The van der Waals surface area contributed by atoms with Gasteiger partial charge < -0.3 is 18.9 Å². The number of nitrogens with zero attached hydrogens (tertiary/aromatic N) is 2. The van der Waals surface area contributed by atoms with Crippen LogP contribution in [0.1, 0.15) is 28.5 Å². The summed E-state index contributed by atoms with van der Waals surface area (Å²) in [5.74, 6) is 0.471. The first kappa shape index (κ1) is 20.0. The molecule has 2 aromatic carbocycles. The van der Waals surface area contributed by atoms with Crippen molar-refractivity contribution in [3.8, 4) is 5.75 Å². The molecule has 28 heavy (non-hydrogen) atoms. The number of ether oxygens (including phenoxy) is 2. The van der Waals surface area contributed by atoms with Gasteiger partial charge in [0.25, 0.3) is 0 Å². The number of likely N-dealkylation sites (N-methyl/N-ethyl adjacent to an activating group) is 1. The molecule has 0 saturated heterocycles. The van der Waals surface area contributed by atoms with Crippen LogP contribution in [0, 0.1) is 6.92 Å². The number of hydrogen-bond donors (Lipinski definition) is 0. The Kier molecular flexibility index (Phi) is 6.37. The smallest absolute Gasteiger partial charge is 0.340 e. The van der Waals surface area contributed by atoms with Crippen LogP contribution in [0.25, 0.3) is 10.9 Å². The van der Waals surface area contributed by atoms with E-state index in [1.165, 1.54) is 5.56 Å². The van der Waals surface area contributed by atoms with Crippen LogP contribution in [0.15, 0.2) is 48.5 Å².